The predicted molar refractivity (Wildman–Crippen MR) is 144 cm³/mol. The van der Waals surface area contributed by atoms with Gasteiger partial charge in [-0.25, -0.2) is 0 Å². The lowest BCUT2D eigenvalue weighted by Gasteiger charge is -2.22. The molecule has 0 fully saturated rings. The fourth-order valence-corrected chi connectivity index (χ4v) is 7.72. The van der Waals surface area contributed by atoms with Crippen LogP contribution in [0.25, 0.3) is 33.0 Å². The molecule has 3 heteroatoms. The topological polar surface area (TPSA) is 26.0 Å². The molecule has 0 N–H and O–H groups in total. The van der Waals surface area contributed by atoms with E-state index >= 15 is 0 Å². The Morgan fingerprint density at radius 3 is 2.24 bits per heavy atom. The highest BCUT2D eigenvalue weighted by Crippen LogP contribution is 2.37. The lowest BCUT2D eigenvalue weighted by atomic mass is 9.82. The molecule has 3 aromatic carbocycles. The van der Waals surface area contributed by atoms with Gasteiger partial charge in [-0.05, 0) is 52.4 Å². The van der Waals surface area contributed by atoms with Crippen LogP contribution in [0.5, 0.6) is 0 Å². The normalized spacial score (nSPS) is 12.5. The summed E-state index contributed by atoms with van der Waals surface area (Å²) in [6, 6.07) is 26.1. The van der Waals surface area contributed by atoms with E-state index in [4.69, 9.17) is 9.40 Å². The van der Waals surface area contributed by atoms with Crippen LogP contribution in [0.2, 0.25) is 13.1 Å². The Hall–Kier alpha value is -3.17. The third kappa shape index (κ3) is 3.61. The molecule has 0 spiro atoms. The molecule has 0 atom stereocenters. The van der Waals surface area contributed by atoms with Gasteiger partial charge in [0.25, 0.3) is 0 Å². The van der Waals surface area contributed by atoms with Gasteiger partial charge in [-0.2, -0.15) is 0 Å². The van der Waals surface area contributed by atoms with Gasteiger partial charge in [0.15, 0.2) is 13.7 Å². The second-order valence-corrected chi connectivity index (χ2v) is 14.9. The van der Waals surface area contributed by atoms with Gasteiger partial charge in [-0.1, -0.05) is 93.6 Å². The van der Waals surface area contributed by atoms with Crippen LogP contribution in [0.4, 0.5) is 0 Å². The van der Waals surface area contributed by atoms with Crippen molar-refractivity contribution in [3.8, 4) is 11.3 Å². The van der Waals surface area contributed by atoms with Crippen LogP contribution in [0.1, 0.15) is 31.9 Å². The first-order valence-corrected chi connectivity index (χ1v) is 14.7. The summed E-state index contributed by atoms with van der Waals surface area (Å²) < 4.78 is 6.74. The van der Waals surface area contributed by atoms with E-state index in [-0.39, 0.29) is 5.41 Å². The summed E-state index contributed by atoms with van der Waals surface area (Å²) in [5.74, 6) is 0. The molecule has 0 aliphatic rings. The lowest BCUT2D eigenvalue weighted by Crippen LogP contribution is -2.53. The summed E-state index contributed by atoms with van der Waals surface area (Å²) in [6.07, 6.45) is 1.92. The minimum Gasteiger partial charge on any atom is -0.463 e. The number of benzene rings is 3. The van der Waals surface area contributed by atoms with Gasteiger partial charge in [-0.15, -0.1) is 0 Å². The molecule has 5 rings (SSSR count). The zero-order chi connectivity index (χ0) is 23.4. The molecule has 2 aromatic heterocycles. The van der Waals surface area contributed by atoms with Crippen LogP contribution < -0.4 is 10.6 Å². The highest BCUT2D eigenvalue weighted by atomic mass is 28.3. The van der Waals surface area contributed by atoms with Crippen LogP contribution in [0.3, 0.4) is 0 Å². The smallest absolute Gasteiger partial charge is 0.160 e. The standard InChI is InChI=1S/C30H31NOSi/c1-20-24-16-17-31-27(28(24)32-29(20)33(5,6)23-13-8-7-9-14-23)22-18-21-12-10-11-15-25(21)26(19-22)30(2,3)4/h7-19H,1-6H3. The minimum atomic E-state index is -1.99. The molecule has 0 saturated heterocycles. The summed E-state index contributed by atoms with van der Waals surface area (Å²) in [4.78, 5) is 4.84. The SMILES string of the molecule is Cc1c([Si](C)(C)c2ccccc2)oc2c(-c3cc(C(C)(C)C)c4ccccc4c3)nccc12. The molecule has 33 heavy (non-hydrogen) atoms. The summed E-state index contributed by atoms with van der Waals surface area (Å²) >= 11 is 0. The van der Waals surface area contributed by atoms with E-state index < -0.39 is 8.07 Å². The van der Waals surface area contributed by atoms with Crippen LogP contribution >= 0.6 is 0 Å². The van der Waals surface area contributed by atoms with E-state index in [0.717, 1.165) is 27.6 Å². The summed E-state index contributed by atoms with van der Waals surface area (Å²) in [7, 11) is -1.99. The van der Waals surface area contributed by atoms with Gasteiger partial charge in [-0.3, -0.25) is 4.98 Å². The molecule has 5 aromatic rings. The monoisotopic (exact) mass is 449 g/mol. The van der Waals surface area contributed by atoms with Crippen molar-refractivity contribution in [3.05, 3.63) is 90.1 Å². The molecular formula is C30H31NOSi. The fraction of sp³-hybridized carbons (Fsp3) is 0.233. The highest BCUT2D eigenvalue weighted by Gasteiger charge is 2.33. The molecule has 0 amide bonds. The van der Waals surface area contributed by atoms with Gasteiger partial charge < -0.3 is 4.42 Å². The summed E-state index contributed by atoms with van der Waals surface area (Å²) in [5, 5.41) is 6.21. The first-order valence-electron chi connectivity index (χ1n) is 11.7. The maximum absolute atomic E-state index is 6.74. The Kier molecular flexibility index (Phi) is 5.06. The maximum Gasteiger partial charge on any atom is 0.160 e. The predicted octanol–water partition coefficient (Wildman–Crippen LogP) is 7.08. The largest absolute Gasteiger partial charge is 0.463 e. The zero-order valence-corrected chi connectivity index (χ0v) is 21.4. The van der Waals surface area contributed by atoms with Crippen LogP contribution in [0.15, 0.2) is 83.4 Å². The number of aryl methyl sites for hydroxylation is 1. The van der Waals surface area contributed by atoms with Crippen molar-refractivity contribution in [2.75, 3.05) is 0 Å². The Morgan fingerprint density at radius 2 is 1.52 bits per heavy atom. The van der Waals surface area contributed by atoms with Crippen molar-refractivity contribution >= 4 is 40.4 Å². The van der Waals surface area contributed by atoms with Crippen molar-refractivity contribution < 1.29 is 4.42 Å². The molecule has 0 bridgehead atoms. The molecular weight excluding hydrogens is 418 g/mol. The number of hydrogen-bond donors (Lipinski definition) is 0. The second-order valence-electron chi connectivity index (χ2n) is 10.6. The molecule has 0 unspecified atom stereocenters. The average Bonchev–Trinajstić information content (AvgIpc) is 3.16. The quantitative estimate of drug-likeness (QED) is 0.275. The van der Waals surface area contributed by atoms with E-state index in [0.29, 0.717) is 0 Å². The van der Waals surface area contributed by atoms with E-state index in [1.54, 1.807) is 0 Å². The van der Waals surface area contributed by atoms with E-state index in [1.807, 2.05) is 6.20 Å². The second kappa shape index (κ2) is 7.70. The van der Waals surface area contributed by atoms with Crippen molar-refractivity contribution in [3.63, 3.8) is 0 Å². The van der Waals surface area contributed by atoms with Gasteiger partial charge in [0.05, 0.1) is 5.38 Å². The zero-order valence-electron chi connectivity index (χ0n) is 20.4. The number of hydrogen-bond acceptors (Lipinski definition) is 2. The molecule has 166 valence electrons. The van der Waals surface area contributed by atoms with Crippen LogP contribution in [0, 0.1) is 6.92 Å². The number of fused-ring (bicyclic) bond motifs is 2. The van der Waals surface area contributed by atoms with Gasteiger partial charge in [0.1, 0.15) is 5.69 Å². The number of rotatable bonds is 3. The number of furan rings is 1. The molecule has 2 heterocycles. The van der Waals surface area contributed by atoms with Crippen LogP contribution in [-0.2, 0) is 5.41 Å². The third-order valence-electron chi connectivity index (χ3n) is 6.86. The Labute approximate surface area is 197 Å². The Bertz CT molecular complexity index is 1470. The number of aromatic nitrogens is 1. The minimum absolute atomic E-state index is 0.0238. The van der Waals surface area contributed by atoms with E-state index in [1.165, 1.54) is 27.1 Å². The molecule has 0 aliphatic heterocycles. The average molecular weight is 450 g/mol. The summed E-state index contributed by atoms with van der Waals surface area (Å²) in [6.45, 7) is 13.8. The Morgan fingerprint density at radius 1 is 0.818 bits per heavy atom. The lowest BCUT2D eigenvalue weighted by molar-refractivity contribution is 0.596. The molecule has 0 aliphatic carbocycles. The highest BCUT2D eigenvalue weighted by molar-refractivity contribution is 7.00. The first-order chi connectivity index (χ1) is 15.7. The van der Waals surface area contributed by atoms with Crippen molar-refractivity contribution in [2.45, 2.75) is 46.2 Å². The van der Waals surface area contributed by atoms with Gasteiger partial charge in [0, 0.05) is 17.1 Å². The molecule has 2 nitrogen and oxygen atoms in total. The maximum atomic E-state index is 6.74. The van der Waals surface area contributed by atoms with E-state index in [9.17, 15) is 0 Å². The van der Waals surface area contributed by atoms with Crippen LogP contribution in [-0.4, -0.2) is 13.1 Å². The Balaban J connectivity index is 1.76. The first kappa shape index (κ1) is 21.7. The summed E-state index contributed by atoms with van der Waals surface area (Å²) in [5.41, 5.74) is 5.54. The van der Waals surface area contributed by atoms with Gasteiger partial charge >= 0.3 is 0 Å². The van der Waals surface area contributed by atoms with E-state index in [2.05, 4.69) is 114 Å². The van der Waals surface area contributed by atoms with Crippen molar-refractivity contribution in [2.24, 2.45) is 0 Å². The molecule has 0 saturated carbocycles. The van der Waals surface area contributed by atoms with Crippen molar-refractivity contribution in [1.29, 1.82) is 0 Å². The number of nitrogens with zero attached hydrogens (tertiary/aromatic N) is 1. The molecule has 0 radical (unpaired) electrons. The fourth-order valence-electron chi connectivity index (χ4n) is 5.00. The van der Waals surface area contributed by atoms with Gasteiger partial charge in [0.2, 0.25) is 0 Å². The third-order valence-corrected chi connectivity index (χ3v) is 10.2. The van der Waals surface area contributed by atoms with Crippen molar-refractivity contribution in [1.82, 2.24) is 4.98 Å². The number of pyridine rings is 1.